The van der Waals surface area contributed by atoms with Crippen LogP contribution < -0.4 is 11.1 Å². The molecule has 3 N–H and O–H groups in total. The number of nitrogens with zero attached hydrogens (tertiary/aromatic N) is 1. The van der Waals surface area contributed by atoms with Gasteiger partial charge >= 0.3 is 0 Å². The SMILES string of the molecule is Cc1cccnc1CC(=O)Nc1cc(N)ccc1F. The van der Waals surface area contributed by atoms with Gasteiger partial charge in [-0.3, -0.25) is 9.78 Å². The molecule has 1 aromatic heterocycles. The number of carbonyl (C=O) groups is 1. The van der Waals surface area contributed by atoms with E-state index in [1.807, 2.05) is 13.0 Å². The summed E-state index contributed by atoms with van der Waals surface area (Å²) in [4.78, 5) is 16.0. The van der Waals surface area contributed by atoms with Crippen LogP contribution in [0.2, 0.25) is 0 Å². The molecule has 0 unspecified atom stereocenters. The number of nitrogens with two attached hydrogens (primary N) is 1. The number of hydrogen-bond acceptors (Lipinski definition) is 3. The van der Waals surface area contributed by atoms with E-state index in [0.29, 0.717) is 11.4 Å². The third-order valence-corrected chi connectivity index (χ3v) is 2.71. The van der Waals surface area contributed by atoms with Crippen LogP contribution in [0.15, 0.2) is 36.5 Å². The number of amides is 1. The molecule has 1 amide bonds. The van der Waals surface area contributed by atoms with E-state index in [1.165, 1.54) is 18.2 Å². The predicted octanol–water partition coefficient (Wildman–Crippen LogP) is 2.29. The summed E-state index contributed by atoms with van der Waals surface area (Å²) in [5.74, 6) is -0.841. The maximum atomic E-state index is 13.5. The average Bonchev–Trinajstić information content (AvgIpc) is 2.37. The summed E-state index contributed by atoms with van der Waals surface area (Å²) >= 11 is 0. The van der Waals surface area contributed by atoms with E-state index in [0.717, 1.165) is 5.56 Å². The minimum atomic E-state index is -0.514. The van der Waals surface area contributed by atoms with Crippen molar-refractivity contribution >= 4 is 17.3 Å². The number of hydrogen-bond donors (Lipinski definition) is 2. The molecule has 0 atom stereocenters. The van der Waals surface area contributed by atoms with Gasteiger partial charge in [-0.2, -0.15) is 0 Å². The summed E-state index contributed by atoms with van der Waals surface area (Å²) in [6, 6.07) is 7.72. The summed E-state index contributed by atoms with van der Waals surface area (Å²) in [5, 5.41) is 2.49. The van der Waals surface area contributed by atoms with E-state index in [-0.39, 0.29) is 18.0 Å². The molecule has 0 aliphatic carbocycles. The summed E-state index contributed by atoms with van der Waals surface area (Å²) in [5.41, 5.74) is 7.62. The lowest BCUT2D eigenvalue weighted by atomic mass is 10.1. The Morgan fingerprint density at radius 3 is 2.95 bits per heavy atom. The first kappa shape index (κ1) is 13.0. The summed E-state index contributed by atoms with van der Waals surface area (Å²) in [6.07, 6.45) is 1.72. The Morgan fingerprint density at radius 2 is 2.21 bits per heavy atom. The van der Waals surface area contributed by atoms with Gasteiger partial charge in [0.05, 0.1) is 17.8 Å². The number of pyridine rings is 1. The van der Waals surface area contributed by atoms with Gasteiger partial charge < -0.3 is 11.1 Å². The monoisotopic (exact) mass is 259 g/mol. The second kappa shape index (κ2) is 5.48. The number of aromatic nitrogens is 1. The number of carbonyl (C=O) groups excluding carboxylic acids is 1. The van der Waals surface area contributed by atoms with Crippen LogP contribution in [-0.2, 0) is 11.2 Å². The Labute approximate surface area is 110 Å². The zero-order chi connectivity index (χ0) is 13.8. The Balaban J connectivity index is 2.10. The molecule has 2 aromatic rings. The van der Waals surface area contributed by atoms with Crippen molar-refractivity contribution in [2.75, 3.05) is 11.1 Å². The molecule has 1 aromatic carbocycles. The molecule has 2 rings (SSSR count). The van der Waals surface area contributed by atoms with Crippen LogP contribution in [0.1, 0.15) is 11.3 Å². The van der Waals surface area contributed by atoms with Crippen LogP contribution in [0.4, 0.5) is 15.8 Å². The van der Waals surface area contributed by atoms with Gasteiger partial charge in [0.15, 0.2) is 0 Å². The molecule has 0 spiro atoms. The summed E-state index contributed by atoms with van der Waals surface area (Å²) in [6.45, 7) is 1.87. The zero-order valence-electron chi connectivity index (χ0n) is 10.5. The Hall–Kier alpha value is -2.43. The van der Waals surface area contributed by atoms with Gasteiger partial charge in [-0.25, -0.2) is 4.39 Å². The third kappa shape index (κ3) is 3.28. The maximum absolute atomic E-state index is 13.5. The van der Waals surface area contributed by atoms with Crippen molar-refractivity contribution in [3.8, 4) is 0 Å². The third-order valence-electron chi connectivity index (χ3n) is 2.71. The lowest BCUT2D eigenvalue weighted by Gasteiger charge is -2.08. The Morgan fingerprint density at radius 1 is 1.42 bits per heavy atom. The van der Waals surface area contributed by atoms with Crippen LogP contribution in [-0.4, -0.2) is 10.9 Å². The highest BCUT2D eigenvalue weighted by molar-refractivity contribution is 5.92. The fraction of sp³-hybridized carbons (Fsp3) is 0.143. The largest absolute Gasteiger partial charge is 0.399 e. The summed E-state index contributed by atoms with van der Waals surface area (Å²) < 4.78 is 13.5. The van der Waals surface area contributed by atoms with Gasteiger partial charge in [-0.1, -0.05) is 6.07 Å². The van der Waals surface area contributed by atoms with E-state index in [1.54, 1.807) is 12.3 Å². The highest BCUT2D eigenvalue weighted by Gasteiger charge is 2.10. The van der Waals surface area contributed by atoms with E-state index >= 15 is 0 Å². The second-order valence-electron chi connectivity index (χ2n) is 4.23. The van der Waals surface area contributed by atoms with E-state index in [4.69, 9.17) is 5.73 Å². The lowest BCUT2D eigenvalue weighted by Crippen LogP contribution is -2.16. The molecule has 0 bridgehead atoms. The van der Waals surface area contributed by atoms with Crippen LogP contribution in [0.3, 0.4) is 0 Å². The highest BCUT2D eigenvalue weighted by Crippen LogP contribution is 2.17. The van der Waals surface area contributed by atoms with Gasteiger partial charge in [-0.15, -0.1) is 0 Å². The highest BCUT2D eigenvalue weighted by atomic mass is 19.1. The number of anilines is 2. The average molecular weight is 259 g/mol. The van der Waals surface area contributed by atoms with Crippen LogP contribution in [0.25, 0.3) is 0 Å². The maximum Gasteiger partial charge on any atom is 0.230 e. The van der Waals surface area contributed by atoms with Gasteiger partial charge in [0.1, 0.15) is 5.82 Å². The van der Waals surface area contributed by atoms with Crippen LogP contribution in [0, 0.1) is 12.7 Å². The molecule has 0 saturated heterocycles. The molecular formula is C14H14FN3O. The quantitative estimate of drug-likeness (QED) is 0.831. The number of nitrogens with one attached hydrogen (secondary N) is 1. The zero-order valence-corrected chi connectivity index (χ0v) is 10.5. The first-order chi connectivity index (χ1) is 9.06. The molecule has 19 heavy (non-hydrogen) atoms. The van der Waals surface area contributed by atoms with Crippen molar-refractivity contribution in [1.29, 1.82) is 0 Å². The van der Waals surface area contributed by atoms with Crippen molar-refractivity contribution in [2.24, 2.45) is 0 Å². The molecule has 0 aliphatic rings. The van der Waals surface area contributed by atoms with Gasteiger partial charge in [0.25, 0.3) is 0 Å². The fourth-order valence-electron chi connectivity index (χ4n) is 1.69. The topological polar surface area (TPSA) is 68.0 Å². The predicted molar refractivity (Wildman–Crippen MR) is 72.1 cm³/mol. The molecule has 0 fully saturated rings. The standard InChI is InChI=1S/C14H14FN3O/c1-9-3-2-6-17-12(9)8-14(19)18-13-7-10(16)4-5-11(13)15/h2-7H,8,16H2,1H3,(H,18,19). The van der Waals surface area contributed by atoms with Gasteiger partial charge in [0, 0.05) is 11.9 Å². The number of benzene rings is 1. The lowest BCUT2D eigenvalue weighted by molar-refractivity contribution is -0.115. The van der Waals surface area contributed by atoms with Crippen molar-refractivity contribution in [3.63, 3.8) is 0 Å². The smallest absolute Gasteiger partial charge is 0.230 e. The van der Waals surface area contributed by atoms with Crippen molar-refractivity contribution in [2.45, 2.75) is 13.3 Å². The first-order valence-electron chi connectivity index (χ1n) is 5.81. The van der Waals surface area contributed by atoms with Crippen LogP contribution >= 0.6 is 0 Å². The first-order valence-corrected chi connectivity index (χ1v) is 5.81. The Kier molecular flexibility index (Phi) is 3.75. The molecule has 5 heteroatoms. The second-order valence-corrected chi connectivity index (χ2v) is 4.23. The molecule has 0 aliphatic heterocycles. The molecule has 0 radical (unpaired) electrons. The van der Waals surface area contributed by atoms with Crippen LogP contribution in [0.5, 0.6) is 0 Å². The normalized spacial score (nSPS) is 10.2. The fourth-order valence-corrected chi connectivity index (χ4v) is 1.69. The number of halogens is 1. The molecule has 1 heterocycles. The Bertz CT molecular complexity index is 613. The minimum absolute atomic E-state index is 0.0820. The van der Waals surface area contributed by atoms with E-state index < -0.39 is 5.82 Å². The van der Waals surface area contributed by atoms with E-state index in [2.05, 4.69) is 10.3 Å². The number of nitrogen functional groups attached to an aromatic ring is 1. The number of aryl methyl sites for hydroxylation is 1. The van der Waals surface area contributed by atoms with Crippen molar-refractivity contribution in [1.82, 2.24) is 4.98 Å². The molecule has 98 valence electrons. The van der Waals surface area contributed by atoms with Gasteiger partial charge in [-0.05, 0) is 36.8 Å². The van der Waals surface area contributed by atoms with Crippen molar-refractivity contribution < 1.29 is 9.18 Å². The molecular weight excluding hydrogens is 245 g/mol. The minimum Gasteiger partial charge on any atom is -0.399 e. The molecule has 4 nitrogen and oxygen atoms in total. The van der Waals surface area contributed by atoms with E-state index in [9.17, 15) is 9.18 Å². The number of rotatable bonds is 3. The van der Waals surface area contributed by atoms with Crippen molar-refractivity contribution in [3.05, 3.63) is 53.6 Å². The van der Waals surface area contributed by atoms with Gasteiger partial charge in [0.2, 0.25) is 5.91 Å². The summed E-state index contributed by atoms with van der Waals surface area (Å²) in [7, 11) is 0. The molecule has 0 saturated carbocycles.